The summed E-state index contributed by atoms with van der Waals surface area (Å²) < 4.78 is 2.53. The number of benzene rings is 2. The summed E-state index contributed by atoms with van der Waals surface area (Å²) in [5, 5.41) is 15.6. The van der Waals surface area contributed by atoms with E-state index in [1.54, 1.807) is 29.1 Å². The van der Waals surface area contributed by atoms with Crippen molar-refractivity contribution in [1.29, 1.82) is 0 Å². The molecule has 0 bridgehead atoms. The highest BCUT2D eigenvalue weighted by Crippen LogP contribution is 2.31. The van der Waals surface area contributed by atoms with Gasteiger partial charge < -0.3 is 5.11 Å². The predicted molar refractivity (Wildman–Crippen MR) is 86.8 cm³/mol. The first kappa shape index (κ1) is 14.3. The summed E-state index contributed by atoms with van der Waals surface area (Å²) in [5.74, 6) is 0. The monoisotopic (exact) mass is 362 g/mol. The molecule has 2 aromatic carbocycles. The van der Waals surface area contributed by atoms with Crippen molar-refractivity contribution in [3.63, 3.8) is 0 Å². The van der Waals surface area contributed by atoms with E-state index in [4.69, 9.17) is 11.6 Å². The molecule has 1 atom stereocenters. The van der Waals surface area contributed by atoms with Gasteiger partial charge in [-0.25, -0.2) is 4.68 Å². The van der Waals surface area contributed by atoms with Crippen molar-refractivity contribution >= 4 is 27.5 Å². The number of nitrogens with zero attached hydrogens (tertiary/aromatic N) is 2. The first-order chi connectivity index (χ1) is 10.2. The maximum absolute atomic E-state index is 10.7. The number of aliphatic hydroxyl groups is 1. The van der Waals surface area contributed by atoms with Crippen LogP contribution >= 0.6 is 27.5 Å². The molecular formula is C16H12BrClN2O. The lowest BCUT2D eigenvalue weighted by Gasteiger charge is -2.15. The molecule has 0 saturated carbocycles. The molecule has 0 aliphatic rings. The van der Waals surface area contributed by atoms with Gasteiger partial charge in [-0.05, 0) is 36.4 Å². The highest BCUT2D eigenvalue weighted by atomic mass is 79.9. The minimum Gasteiger partial charge on any atom is -0.382 e. The number of hydrogen-bond donors (Lipinski definition) is 1. The minimum atomic E-state index is -0.819. The Morgan fingerprint density at radius 1 is 1.10 bits per heavy atom. The van der Waals surface area contributed by atoms with Gasteiger partial charge in [0.2, 0.25) is 0 Å². The Morgan fingerprint density at radius 2 is 1.86 bits per heavy atom. The molecule has 0 aliphatic heterocycles. The van der Waals surface area contributed by atoms with Crippen molar-refractivity contribution in [1.82, 2.24) is 9.78 Å². The molecule has 1 N–H and O–H groups in total. The molecular weight excluding hydrogens is 352 g/mol. The largest absolute Gasteiger partial charge is 0.382 e. The summed E-state index contributed by atoms with van der Waals surface area (Å²) in [4.78, 5) is 0. The lowest BCUT2D eigenvalue weighted by molar-refractivity contribution is 0.211. The number of para-hydroxylation sites is 1. The minimum absolute atomic E-state index is 0.582. The zero-order chi connectivity index (χ0) is 14.8. The van der Waals surface area contributed by atoms with E-state index in [-0.39, 0.29) is 0 Å². The SMILES string of the molecule is OC(c1cc(Cl)ccc1Br)c1ccnn1-c1ccccc1. The Labute approximate surface area is 135 Å². The Hall–Kier alpha value is -1.62. The van der Waals surface area contributed by atoms with Gasteiger partial charge in [-0.1, -0.05) is 45.7 Å². The van der Waals surface area contributed by atoms with Crippen LogP contribution in [0.3, 0.4) is 0 Å². The van der Waals surface area contributed by atoms with E-state index in [2.05, 4.69) is 21.0 Å². The normalized spacial score (nSPS) is 12.3. The van der Waals surface area contributed by atoms with Gasteiger partial charge in [0.05, 0.1) is 11.4 Å². The van der Waals surface area contributed by atoms with Gasteiger partial charge in [-0.15, -0.1) is 0 Å². The van der Waals surface area contributed by atoms with E-state index in [0.29, 0.717) is 16.3 Å². The fraction of sp³-hybridized carbons (Fsp3) is 0.0625. The summed E-state index contributed by atoms with van der Waals surface area (Å²) in [6.07, 6.45) is 0.852. The zero-order valence-corrected chi connectivity index (χ0v) is 13.3. The van der Waals surface area contributed by atoms with Crippen LogP contribution in [-0.2, 0) is 0 Å². The van der Waals surface area contributed by atoms with Crippen LogP contribution in [0.1, 0.15) is 17.4 Å². The van der Waals surface area contributed by atoms with Crippen molar-refractivity contribution in [3.8, 4) is 5.69 Å². The van der Waals surface area contributed by atoms with Crippen LogP contribution in [0.4, 0.5) is 0 Å². The van der Waals surface area contributed by atoms with Crippen LogP contribution < -0.4 is 0 Å². The smallest absolute Gasteiger partial charge is 0.122 e. The fourth-order valence-electron chi connectivity index (χ4n) is 2.19. The maximum atomic E-state index is 10.7. The molecule has 3 rings (SSSR count). The highest BCUT2D eigenvalue weighted by molar-refractivity contribution is 9.10. The second-order valence-corrected chi connectivity index (χ2v) is 5.86. The van der Waals surface area contributed by atoms with Gasteiger partial charge in [-0.2, -0.15) is 5.10 Å². The second-order valence-electron chi connectivity index (χ2n) is 4.57. The molecule has 1 unspecified atom stereocenters. The molecule has 21 heavy (non-hydrogen) atoms. The van der Waals surface area contributed by atoms with Crippen molar-refractivity contribution in [2.24, 2.45) is 0 Å². The first-order valence-corrected chi connectivity index (χ1v) is 7.56. The summed E-state index contributed by atoms with van der Waals surface area (Å²) in [5.41, 5.74) is 2.29. The molecule has 0 spiro atoms. The Kier molecular flexibility index (Phi) is 4.10. The molecule has 1 aromatic heterocycles. The van der Waals surface area contributed by atoms with Gasteiger partial charge in [0, 0.05) is 21.3 Å². The molecule has 0 fully saturated rings. The molecule has 3 nitrogen and oxygen atoms in total. The number of rotatable bonds is 3. The first-order valence-electron chi connectivity index (χ1n) is 6.39. The van der Waals surface area contributed by atoms with Gasteiger partial charge in [0.15, 0.2) is 0 Å². The van der Waals surface area contributed by atoms with Gasteiger partial charge >= 0.3 is 0 Å². The lowest BCUT2D eigenvalue weighted by atomic mass is 10.1. The summed E-state index contributed by atoms with van der Waals surface area (Å²) in [6.45, 7) is 0. The van der Waals surface area contributed by atoms with Crippen molar-refractivity contribution in [2.45, 2.75) is 6.10 Å². The van der Waals surface area contributed by atoms with Crippen LogP contribution in [-0.4, -0.2) is 14.9 Å². The number of hydrogen-bond acceptors (Lipinski definition) is 2. The van der Waals surface area contributed by atoms with Crippen LogP contribution in [0.15, 0.2) is 65.3 Å². The fourth-order valence-corrected chi connectivity index (χ4v) is 2.83. The van der Waals surface area contributed by atoms with Crippen molar-refractivity contribution < 1.29 is 5.11 Å². The van der Waals surface area contributed by atoms with Gasteiger partial charge in [0.25, 0.3) is 0 Å². The van der Waals surface area contributed by atoms with E-state index in [9.17, 15) is 5.11 Å². The molecule has 3 aromatic rings. The van der Waals surface area contributed by atoms with Crippen molar-refractivity contribution in [3.05, 3.63) is 81.5 Å². The molecule has 0 radical (unpaired) electrons. The number of halogens is 2. The van der Waals surface area contributed by atoms with E-state index in [0.717, 1.165) is 10.2 Å². The van der Waals surface area contributed by atoms with Crippen LogP contribution in [0.5, 0.6) is 0 Å². The second kappa shape index (κ2) is 6.02. The summed E-state index contributed by atoms with van der Waals surface area (Å²) in [6, 6.07) is 16.8. The lowest BCUT2D eigenvalue weighted by Crippen LogP contribution is -2.09. The van der Waals surface area contributed by atoms with E-state index in [1.807, 2.05) is 36.4 Å². The maximum Gasteiger partial charge on any atom is 0.122 e. The molecule has 1 heterocycles. The molecule has 0 saturated heterocycles. The average molecular weight is 364 g/mol. The van der Waals surface area contributed by atoms with Gasteiger partial charge in [0.1, 0.15) is 6.10 Å². The Bertz CT molecular complexity index is 758. The third kappa shape index (κ3) is 2.88. The van der Waals surface area contributed by atoms with Crippen LogP contribution in [0, 0.1) is 0 Å². The van der Waals surface area contributed by atoms with E-state index >= 15 is 0 Å². The quantitative estimate of drug-likeness (QED) is 0.750. The van der Waals surface area contributed by atoms with Crippen LogP contribution in [0.2, 0.25) is 5.02 Å². The highest BCUT2D eigenvalue weighted by Gasteiger charge is 2.19. The van der Waals surface area contributed by atoms with E-state index < -0.39 is 6.10 Å². The standard InChI is InChI=1S/C16H12BrClN2O/c17-14-7-6-11(18)10-13(14)16(21)15-8-9-19-20(15)12-4-2-1-3-5-12/h1-10,16,21H. The third-order valence-corrected chi connectivity index (χ3v) is 4.16. The molecule has 0 aliphatic carbocycles. The molecule has 5 heteroatoms. The van der Waals surface area contributed by atoms with E-state index in [1.165, 1.54) is 0 Å². The Morgan fingerprint density at radius 3 is 2.62 bits per heavy atom. The van der Waals surface area contributed by atoms with Gasteiger partial charge in [-0.3, -0.25) is 0 Å². The number of aliphatic hydroxyl groups excluding tert-OH is 1. The van der Waals surface area contributed by atoms with Crippen molar-refractivity contribution in [2.75, 3.05) is 0 Å². The predicted octanol–water partition coefficient (Wildman–Crippen LogP) is 4.37. The summed E-state index contributed by atoms with van der Waals surface area (Å²) >= 11 is 9.47. The summed E-state index contributed by atoms with van der Waals surface area (Å²) in [7, 11) is 0. The third-order valence-electron chi connectivity index (χ3n) is 3.21. The zero-order valence-electron chi connectivity index (χ0n) is 10.9. The van der Waals surface area contributed by atoms with Crippen LogP contribution in [0.25, 0.3) is 5.69 Å². The molecule has 106 valence electrons. The average Bonchev–Trinajstić information content (AvgIpc) is 2.99. The number of aromatic nitrogens is 2. The molecule has 0 amide bonds. The Balaban J connectivity index is 2.06. The topological polar surface area (TPSA) is 38.1 Å².